The number of carbonyl (C=O) groups is 1. The topological polar surface area (TPSA) is 144 Å². The van der Waals surface area contributed by atoms with Crippen LogP contribution in [-0.2, 0) is 19.9 Å². The van der Waals surface area contributed by atoms with E-state index in [1.165, 1.54) is 16.4 Å². The Bertz CT molecular complexity index is 1280. The Morgan fingerprint density at radius 1 is 1.00 bits per heavy atom. The van der Waals surface area contributed by atoms with E-state index in [9.17, 15) is 31.7 Å². The number of sulfonamides is 1. The van der Waals surface area contributed by atoms with Crippen LogP contribution in [0.1, 0.15) is 35.2 Å². The molecule has 0 saturated carbocycles. The van der Waals surface area contributed by atoms with Crippen molar-refractivity contribution in [2.24, 2.45) is 0 Å². The van der Waals surface area contributed by atoms with Crippen LogP contribution in [0.15, 0.2) is 46.2 Å². The molecule has 0 radical (unpaired) electrons. The van der Waals surface area contributed by atoms with Crippen molar-refractivity contribution in [2.45, 2.75) is 36.0 Å². The van der Waals surface area contributed by atoms with Gasteiger partial charge in [0.1, 0.15) is 0 Å². The molecule has 2 aromatic rings. The maximum Gasteiger partial charge on any atom is 0.271 e. The van der Waals surface area contributed by atoms with Gasteiger partial charge < -0.3 is 5.32 Å². The van der Waals surface area contributed by atoms with Crippen molar-refractivity contribution >= 4 is 37.1 Å². The standard InChI is InChI=1S/C20H23N3O7S2/c1-14-6-7-17(32(29,30)22-8-4-3-5-9-22)13-19(14)21-20(24)15-10-16(23(25)26)12-18(11-15)31(2,27)28/h6-7,10-13H,3-5,8-9H2,1-2H3,(H,21,24). The number of rotatable bonds is 6. The minimum atomic E-state index is -3.80. The van der Waals surface area contributed by atoms with E-state index in [1.807, 2.05) is 0 Å². The van der Waals surface area contributed by atoms with Crippen molar-refractivity contribution in [3.05, 3.63) is 57.6 Å². The highest BCUT2D eigenvalue weighted by atomic mass is 32.2. The van der Waals surface area contributed by atoms with Crippen LogP contribution in [0.3, 0.4) is 0 Å². The van der Waals surface area contributed by atoms with Crippen molar-refractivity contribution in [1.29, 1.82) is 0 Å². The van der Waals surface area contributed by atoms with Crippen LogP contribution >= 0.6 is 0 Å². The predicted molar refractivity (Wildman–Crippen MR) is 118 cm³/mol. The van der Waals surface area contributed by atoms with E-state index in [0.29, 0.717) is 18.7 Å². The van der Waals surface area contributed by atoms with E-state index in [2.05, 4.69) is 5.32 Å². The molecular weight excluding hydrogens is 458 g/mol. The molecule has 1 saturated heterocycles. The number of amides is 1. The fourth-order valence-electron chi connectivity index (χ4n) is 3.38. The van der Waals surface area contributed by atoms with Gasteiger partial charge in [0.25, 0.3) is 11.6 Å². The molecule has 3 rings (SSSR count). The van der Waals surface area contributed by atoms with Gasteiger partial charge in [-0.2, -0.15) is 4.31 Å². The number of piperidine rings is 1. The quantitative estimate of drug-likeness (QED) is 0.493. The molecule has 1 heterocycles. The maximum absolute atomic E-state index is 13.0. The van der Waals surface area contributed by atoms with Gasteiger partial charge >= 0.3 is 0 Å². The number of non-ortho nitro benzene ring substituents is 1. The monoisotopic (exact) mass is 481 g/mol. The van der Waals surface area contributed by atoms with Crippen LogP contribution in [0.4, 0.5) is 11.4 Å². The SMILES string of the molecule is Cc1ccc(S(=O)(=O)N2CCCCC2)cc1NC(=O)c1cc([N+](=O)[O-])cc(S(C)(=O)=O)c1. The predicted octanol–water partition coefficient (Wildman–Crippen LogP) is 2.73. The normalized spacial score (nSPS) is 15.3. The number of nitro groups is 1. The molecule has 172 valence electrons. The summed E-state index contributed by atoms with van der Waals surface area (Å²) < 4.78 is 51.1. The van der Waals surface area contributed by atoms with Crippen LogP contribution in [0.5, 0.6) is 0 Å². The lowest BCUT2D eigenvalue weighted by Crippen LogP contribution is -2.35. The zero-order valence-electron chi connectivity index (χ0n) is 17.6. The van der Waals surface area contributed by atoms with Gasteiger partial charge in [0.05, 0.1) is 14.7 Å². The summed E-state index contributed by atoms with van der Waals surface area (Å²) in [4.78, 5) is 22.8. The summed E-state index contributed by atoms with van der Waals surface area (Å²) in [6, 6.07) is 7.25. The molecule has 1 amide bonds. The minimum absolute atomic E-state index is 0.0242. The number of nitrogens with one attached hydrogen (secondary N) is 1. The van der Waals surface area contributed by atoms with E-state index in [0.717, 1.165) is 43.7 Å². The molecule has 1 fully saturated rings. The number of hydrogen-bond acceptors (Lipinski definition) is 7. The molecule has 0 aromatic heterocycles. The summed E-state index contributed by atoms with van der Waals surface area (Å²) in [5.41, 5.74) is 0.00440. The Morgan fingerprint density at radius 2 is 1.66 bits per heavy atom. The first kappa shape index (κ1) is 23.8. The number of benzene rings is 2. The number of carbonyl (C=O) groups excluding carboxylic acids is 1. The third-order valence-corrected chi connectivity index (χ3v) is 8.19. The lowest BCUT2D eigenvalue weighted by atomic mass is 10.1. The van der Waals surface area contributed by atoms with Crippen molar-refractivity contribution < 1.29 is 26.6 Å². The number of hydrogen-bond donors (Lipinski definition) is 1. The van der Waals surface area contributed by atoms with E-state index in [1.54, 1.807) is 13.0 Å². The number of nitro benzene ring substituents is 1. The second-order valence-electron chi connectivity index (χ2n) is 7.64. The molecular formula is C20H23N3O7S2. The zero-order chi connectivity index (χ0) is 23.7. The van der Waals surface area contributed by atoms with Crippen molar-refractivity contribution in [2.75, 3.05) is 24.7 Å². The minimum Gasteiger partial charge on any atom is -0.322 e. The van der Waals surface area contributed by atoms with Gasteiger partial charge in [-0.15, -0.1) is 0 Å². The highest BCUT2D eigenvalue weighted by Gasteiger charge is 2.27. The third kappa shape index (κ3) is 5.14. The molecule has 0 spiro atoms. The summed E-state index contributed by atoms with van der Waals surface area (Å²) in [5, 5.41) is 13.7. The average Bonchev–Trinajstić information content (AvgIpc) is 2.74. The van der Waals surface area contributed by atoms with Crippen LogP contribution < -0.4 is 5.32 Å². The Kier molecular flexibility index (Phi) is 6.67. The van der Waals surface area contributed by atoms with Gasteiger partial charge in [-0.1, -0.05) is 12.5 Å². The van der Waals surface area contributed by atoms with Crippen LogP contribution in [-0.4, -0.2) is 51.3 Å². The maximum atomic E-state index is 13.0. The van der Waals surface area contributed by atoms with Gasteiger partial charge in [0.15, 0.2) is 9.84 Å². The molecule has 1 aliphatic heterocycles. The molecule has 0 bridgehead atoms. The first-order valence-corrected chi connectivity index (χ1v) is 13.1. The molecule has 32 heavy (non-hydrogen) atoms. The molecule has 12 heteroatoms. The number of sulfone groups is 1. The molecule has 0 aliphatic carbocycles. The number of aryl methyl sites for hydroxylation is 1. The smallest absolute Gasteiger partial charge is 0.271 e. The number of anilines is 1. The number of nitrogens with zero attached hydrogens (tertiary/aromatic N) is 2. The van der Waals surface area contributed by atoms with E-state index in [-0.39, 0.29) is 21.0 Å². The lowest BCUT2D eigenvalue weighted by molar-refractivity contribution is -0.385. The first-order valence-electron chi connectivity index (χ1n) is 9.81. The molecule has 0 atom stereocenters. The molecule has 10 nitrogen and oxygen atoms in total. The highest BCUT2D eigenvalue weighted by Crippen LogP contribution is 2.27. The van der Waals surface area contributed by atoms with E-state index >= 15 is 0 Å². The van der Waals surface area contributed by atoms with Crippen LogP contribution in [0.2, 0.25) is 0 Å². The van der Waals surface area contributed by atoms with Gasteiger partial charge in [-0.25, -0.2) is 16.8 Å². The van der Waals surface area contributed by atoms with Gasteiger partial charge in [0, 0.05) is 42.7 Å². The lowest BCUT2D eigenvalue weighted by Gasteiger charge is -2.26. The zero-order valence-corrected chi connectivity index (χ0v) is 19.2. The Labute approximate surface area is 186 Å². The van der Waals surface area contributed by atoms with Crippen molar-refractivity contribution in [1.82, 2.24) is 4.31 Å². The first-order chi connectivity index (χ1) is 14.9. The fraction of sp³-hybridized carbons (Fsp3) is 0.350. The Hall–Kier alpha value is -2.83. The summed E-state index contributed by atoms with van der Waals surface area (Å²) in [6.07, 6.45) is 3.42. The van der Waals surface area contributed by atoms with Gasteiger partial charge in [-0.05, 0) is 43.5 Å². The van der Waals surface area contributed by atoms with E-state index < -0.39 is 36.4 Å². The van der Waals surface area contributed by atoms with Gasteiger partial charge in [0.2, 0.25) is 10.0 Å². The summed E-state index contributed by atoms with van der Waals surface area (Å²) in [7, 11) is -7.54. The second kappa shape index (κ2) is 8.96. The van der Waals surface area contributed by atoms with Crippen LogP contribution in [0, 0.1) is 17.0 Å². The molecule has 1 aliphatic rings. The summed E-state index contributed by atoms with van der Waals surface area (Å²) in [6.45, 7) is 2.53. The second-order valence-corrected chi connectivity index (χ2v) is 11.6. The summed E-state index contributed by atoms with van der Waals surface area (Å²) >= 11 is 0. The van der Waals surface area contributed by atoms with Gasteiger partial charge in [-0.3, -0.25) is 14.9 Å². The Balaban J connectivity index is 1.96. The molecule has 0 unspecified atom stereocenters. The summed E-state index contributed by atoms with van der Waals surface area (Å²) in [5.74, 6) is -0.797. The van der Waals surface area contributed by atoms with Crippen LogP contribution in [0.25, 0.3) is 0 Å². The molecule has 1 N–H and O–H groups in total. The largest absolute Gasteiger partial charge is 0.322 e. The molecule has 2 aromatic carbocycles. The van der Waals surface area contributed by atoms with Crippen molar-refractivity contribution in [3.63, 3.8) is 0 Å². The van der Waals surface area contributed by atoms with E-state index in [4.69, 9.17) is 0 Å². The fourth-order valence-corrected chi connectivity index (χ4v) is 5.60. The highest BCUT2D eigenvalue weighted by molar-refractivity contribution is 7.90. The van der Waals surface area contributed by atoms with Crippen molar-refractivity contribution in [3.8, 4) is 0 Å². The third-order valence-electron chi connectivity index (χ3n) is 5.20. The Morgan fingerprint density at radius 3 is 2.25 bits per heavy atom. The average molecular weight is 482 g/mol.